The molecule has 296 valence electrons. The first-order valence-electron chi connectivity index (χ1n) is 18.8. The lowest BCUT2D eigenvalue weighted by atomic mass is 9.86. The van der Waals surface area contributed by atoms with Crippen LogP contribution in [0.4, 0.5) is 14.5 Å². The van der Waals surface area contributed by atoms with Crippen LogP contribution in [-0.4, -0.2) is 62.8 Å². The van der Waals surface area contributed by atoms with E-state index in [1.54, 1.807) is 12.1 Å². The van der Waals surface area contributed by atoms with E-state index in [0.717, 1.165) is 63.3 Å². The van der Waals surface area contributed by atoms with Gasteiger partial charge in [-0.2, -0.15) is 13.5 Å². The van der Waals surface area contributed by atoms with Gasteiger partial charge in [0.15, 0.2) is 29.9 Å². The molecule has 1 aliphatic carbocycles. The van der Waals surface area contributed by atoms with Crippen molar-refractivity contribution in [3.8, 4) is 11.5 Å². The number of nitrogens with zero attached hydrogens (tertiary/aromatic N) is 3. The fraction of sp³-hybridized carbons (Fsp3) is 0.405. The van der Waals surface area contributed by atoms with Gasteiger partial charge >= 0.3 is 18.6 Å². The molecule has 2 bridgehead atoms. The fourth-order valence-electron chi connectivity index (χ4n) is 7.47. The predicted octanol–water partition coefficient (Wildman–Crippen LogP) is 7.90. The van der Waals surface area contributed by atoms with Crippen LogP contribution in [0.15, 0.2) is 85.2 Å². The summed E-state index contributed by atoms with van der Waals surface area (Å²) in [6.07, 6.45) is 4.91. The maximum absolute atomic E-state index is 14.0. The number of hydrogen-bond acceptors (Lipinski definition) is 9. The van der Waals surface area contributed by atoms with Gasteiger partial charge in [0.25, 0.3) is 0 Å². The molecule has 0 amide bonds. The molecule has 4 aliphatic rings. The Labute approximate surface area is 334 Å². The van der Waals surface area contributed by atoms with E-state index in [9.17, 15) is 23.6 Å². The molecule has 10 nitrogen and oxygen atoms in total. The van der Waals surface area contributed by atoms with Crippen molar-refractivity contribution >= 4 is 40.8 Å². The zero-order valence-electron chi connectivity index (χ0n) is 30.8. The van der Waals surface area contributed by atoms with E-state index < -0.39 is 24.7 Å². The lowest BCUT2D eigenvalue weighted by molar-refractivity contribution is -0.605. The van der Waals surface area contributed by atoms with E-state index in [4.69, 9.17) is 42.1 Å². The monoisotopic (exact) mass is 809 g/mol. The summed E-state index contributed by atoms with van der Waals surface area (Å²) >= 11 is 12.9. The SMILES string of the molecule is CN(c1cccc(CC(=O)O[C@@H](Cc2c(Cl)c[n+]([O-])cc2Cl)c2ccc(OC(F)F)c(OCC3CC3)c2)c1)C(C(=O)O[C@H]1CN2CCC1CC2)c1ccccc1. The Hall–Kier alpha value is -4.65. The van der Waals surface area contributed by atoms with Crippen molar-refractivity contribution in [3.05, 3.63) is 123 Å². The summed E-state index contributed by atoms with van der Waals surface area (Å²) in [7, 11) is 1.83. The third-order valence-corrected chi connectivity index (χ3v) is 11.4. The van der Waals surface area contributed by atoms with Gasteiger partial charge in [-0.3, -0.25) is 9.69 Å². The van der Waals surface area contributed by atoms with E-state index in [0.29, 0.717) is 45.6 Å². The highest BCUT2D eigenvalue weighted by Gasteiger charge is 2.39. The van der Waals surface area contributed by atoms with Crippen molar-refractivity contribution in [2.75, 3.05) is 38.2 Å². The maximum atomic E-state index is 14.0. The Bertz CT molecular complexity index is 1990. The van der Waals surface area contributed by atoms with Crippen molar-refractivity contribution in [3.63, 3.8) is 0 Å². The third-order valence-electron chi connectivity index (χ3n) is 10.7. The van der Waals surface area contributed by atoms with Crippen LogP contribution in [0.5, 0.6) is 11.5 Å². The van der Waals surface area contributed by atoms with Gasteiger partial charge in [-0.1, -0.05) is 71.7 Å². The minimum absolute atomic E-state index is 0.0371. The molecule has 56 heavy (non-hydrogen) atoms. The molecular weight excluding hydrogens is 767 g/mol. The lowest BCUT2D eigenvalue weighted by Crippen LogP contribution is -2.52. The highest BCUT2D eigenvalue weighted by atomic mass is 35.5. The Morgan fingerprint density at radius 3 is 2.32 bits per heavy atom. The number of fused-ring (bicyclic) bond motifs is 3. The molecule has 3 aromatic carbocycles. The number of ether oxygens (including phenoxy) is 4. The van der Waals surface area contributed by atoms with Gasteiger partial charge < -0.3 is 29.1 Å². The van der Waals surface area contributed by atoms with Crippen LogP contribution < -0.4 is 19.1 Å². The van der Waals surface area contributed by atoms with Crippen molar-refractivity contribution in [1.29, 1.82) is 0 Å². The second-order valence-corrected chi connectivity index (χ2v) is 15.5. The number of esters is 2. The third kappa shape index (κ3) is 9.83. The first-order valence-corrected chi connectivity index (χ1v) is 19.5. The van der Waals surface area contributed by atoms with E-state index in [-0.39, 0.29) is 46.5 Å². The first-order chi connectivity index (χ1) is 27.0. The fourth-order valence-corrected chi connectivity index (χ4v) is 8.07. The summed E-state index contributed by atoms with van der Waals surface area (Å²) in [6.45, 7) is 0.0474. The number of pyridine rings is 1. The Balaban J connectivity index is 1.12. The molecule has 1 unspecified atom stereocenters. The van der Waals surface area contributed by atoms with Crippen LogP contribution in [0.2, 0.25) is 10.0 Å². The maximum Gasteiger partial charge on any atom is 0.387 e. The van der Waals surface area contributed by atoms with Crippen molar-refractivity contribution in [2.24, 2.45) is 11.8 Å². The molecule has 4 aromatic rings. The standard InChI is InChI=1S/C42H43Cl2F2N3O7/c1-47(40(29-7-3-2-4-8-29)41(51)55-38-24-48-16-14-28(38)15-17-48)31-9-5-6-27(18-31)19-39(50)54-36(21-32-33(43)22-49(52)23-34(32)44)30-12-13-35(56-42(45)46)37(20-30)53-25-26-10-11-26/h2-9,12-13,18,20,22-23,26,28,36,38,40,42H,10-11,14-17,19,21,24-25H2,1H3/t36-,38-,40?/m0/s1. The predicted molar refractivity (Wildman–Crippen MR) is 206 cm³/mol. The van der Waals surface area contributed by atoms with E-state index >= 15 is 0 Å². The van der Waals surface area contributed by atoms with Crippen molar-refractivity contribution in [1.82, 2.24) is 4.90 Å². The minimum Gasteiger partial charge on any atom is -0.619 e. The molecule has 3 aliphatic heterocycles. The van der Waals surface area contributed by atoms with Gasteiger partial charge in [0.1, 0.15) is 22.3 Å². The van der Waals surface area contributed by atoms with Gasteiger partial charge in [0.05, 0.1) is 13.0 Å². The van der Waals surface area contributed by atoms with Crippen LogP contribution in [-0.2, 0) is 31.9 Å². The molecule has 0 N–H and O–H groups in total. The normalized spacial score (nSPS) is 19.9. The molecule has 4 fully saturated rings. The number of benzene rings is 3. The van der Waals surface area contributed by atoms with Crippen LogP contribution >= 0.6 is 23.2 Å². The molecule has 1 saturated carbocycles. The zero-order chi connectivity index (χ0) is 39.3. The molecule has 4 heterocycles. The van der Waals surface area contributed by atoms with Gasteiger partial charge in [-0.05, 0) is 91.6 Å². The highest BCUT2D eigenvalue weighted by Crippen LogP contribution is 2.38. The van der Waals surface area contributed by atoms with Crippen LogP contribution in [0.25, 0.3) is 0 Å². The number of likely N-dealkylation sites (N-methyl/N-ethyl adjacent to an activating group) is 1. The number of carbonyl (C=O) groups excluding carboxylic acids is 2. The lowest BCUT2D eigenvalue weighted by Gasteiger charge is -2.44. The second-order valence-electron chi connectivity index (χ2n) is 14.7. The summed E-state index contributed by atoms with van der Waals surface area (Å²) in [5.41, 5.74) is 2.85. The van der Waals surface area contributed by atoms with Gasteiger partial charge in [-0.15, -0.1) is 0 Å². The second kappa shape index (κ2) is 17.7. The number of halogens is 4. The highest BCUT2D eigenvalue weighted by molar-refractivity contribution is 6.35. The van der Waals surface area contributed by atoms with Gasteiger partial charge in [-0.25, -0.2) is 4.79 Å². The number of alkyl halides is 2. The molecule has 14 heteroatoms. The molecule has 1 aromatic heterocycles. The average Bonchev–Trinajstić information content (AvgIpc) is 4.01. The molecule has 0 radical (unpaired) electrons. The van der Waals surface area contributed by atoms with Crippen molar-refractivity contribution < 1.29 is 42.0 Å². The van der Waals surface area contributed by atoms with Gasteiger partial charge in [0, 0.05) is 31.3 Å². The number of aromatic nitrogens is 1. The van der Waals surface area contributed by atoms with E-state index in [1.807, 2.05) is 54.4 Å². The zero-order valence-corrected chi connectivity index (χ0v) is 32.3. The van der Waals surface area contributed by atoms with Crippen LogP contribution in [0, 0.1) is 17.0 Å². The largest absolute Gasteiger partial charge is 0.619 e. The number of anilines is 1. The molecule has 3 saturated heterocycles. The number of carbonyl (C=O) groups is 2. The molecular formula is C42H43Cl2F2N3O7. The minimum atomic E-state index is -3.08. The Morgan fingerprint density at radius 2 is 1.66 bits per heavy atom. The smallest absolute Gasteiger partial charge is 0.387 e. The number of hydrogen-bond donors (Lipinski definition) is 0. The van der Waals surface area contributed by atoms with E-state index in [2.05, 4.69) is 4.90 Å². The topological polar surface area (TPSA) is 104 Å². The molecule has 8 rings (SSSR count). The van der Waals surface area contributed by atoms with Crippen molar-refractivity contribution in [2.45, 2.75) is 63.4 Å². The Morgan fingerprint density at radius 1 is 0.929 bits per heavy atom. The molecule has 3 atom stereocenters. The van der Waals surface area contributed by atoms with Crippen LogP contribution in [0.1, 0.15) is 60.1 Å². The summed E-state index contributed by atoms with van der Waals surface area (Å²) < 4.78 is 50.0. The summed E-state index contributed by atoms with van der Waals surface area (Å²) in [4.78, 5) is 31.9. The van der Waals surface area contributed by atoms with Gasteiger partial charge in [0.2, 0.25) is 0 Å². The number of rotatable bonds is 16. The average molecular weight is 811 g/mol. The summed E-state index contributed by atoms with van der Waals surface area (Å²) in [6, 6.07) is 20.4. The van der Waals surface area contributed by atoms with Crippen LogP contribution in [0.3, 0.4) is 0 Å². The summed E-state index contributed by atoms with van der Waals surface area (Å²) in [5, 5.41) is 12.1. The first kappa shape index (κ1) is 39.6. The molecule has 0 spiro atoms. The Kier molecular flexibility index (Phi) is 12.5. The quantitative estimate of drug-likeness (QED) is 0.0635. The summed E-state index contributed by atoms with van der Waals surface area (Å²) in [5.74, 6) is -0.343. The number of piperidine rings is 3. The van der Waals surface area contributed by atoms with E-state index in [1.165, 1.54) is 18.2 Å².